The molecule has 0 bridgehead atoms. The summed E-state index contributed by atoms with van der Waals surface area (Å²) in [4.78, 5) is 27.2. The zero-order valence-corrected chi connectivity index (χ0v) is 16.4. The summed E-state index contributed by atoms with van der Waals surface area (Å²) >= 11 is 0. The number of nitrogens with zero attached hydrogens (tertiary/aromatic N) is 1. The predicted octanol–water partition coefficient (Wildman–Crippen LogP) is 3.18. The molecule has 2 amide bonds. The number of hydrogen-bond donors (Lipinski definition) is 1. The minimum atomic E-state index is -0.557. The van der Waals surface area contributed by atoms with Gasteiger partial charge >= 0.3 is 0 Å². The first-order valence-electron chi connectivity index (χ1n) is 9.17. The van der Waals surface area contributed by atoms with Gasteiger partial charge in [0.15, 0.2) is 0 Å². The van der Waals surface area contributed by atoms with Crippen LogP contribution in [0.1, 0.15) is 31.9 Å². The first-order valence-corrected chi connectivity index (χ1v) is 9.17. The molecule has 0 aromatic heterocycles. The summed E-state index contributed by atoms with van der Waals surface area (Å²) in [6, 6.07) is 16.6. The lowest BCUT2D eigenvalue weighted by Crippen LogP contribution is -2.49. The fraction of sp³-hybridized carbons (Fsp3) is 0.364. The van der Waals surface area contributed by atoms with Crippen LogP contribution in [0.4, 0.5) is 0 Å². The molecule has 2 rings (SSSR count). The topological polar surface area (TPSA) is 58.6 Å². The lowest BCUT2D eigenvalue weighted by Gasteiger charge is -2.29. The van der Waals surface area contributed by atoms with E-state index in [1.807, 2.05) is 68.4 Å². The van der Waals surface area contributed by atoms with Crippen molar-refractivity contribution in [3.8, 4) is 5.75 Å². The van der Waals surface area contributed by atoms with Crippen molar-refractivity contribution < 1.29 is 14.3 Å². The van der Waals surface area contributed by atoms with Crippen molar-refractivity contribution in [2.75, 3.05) is 7.11 Å². The van der Waals surface area contributed by atoms with Crippen LogP contribution in [0, 0.1) is 0 Å². The highest BCUT2D eigenvalue weighted by Gasteiger charge is 2.26. The van der Waals surface area contributed by atoms with E-state index in [4.69, 9.17) is 4.74 Å². The Balaban J connectivity index is 2.18. The summed E-state index contributed by atoms with van der Waals surface area (Å²) in [7, 11) is 1.61. The van der Waals surface area contributed by atoms with Crippen molar-refractivity contribution in [2.45, 2.75) is 45.8 Å². The lowest BCUT2D eigenvalue weighted by molar-refractivity contribution is -0.140. The lowest BCUT2D eigenvalue weighted by atomic mass is 10.1. The van der Waals surface area contributed by atoms with Crippen molar-refractivity contribution in [3.63, 3.8) is 0 Å². The van der Waals surface area contributed by atoms with Gasteiger partial charge < -0.3 is 15.0 Å². The Labute approximate surface area is 161 Å². The van der Waals surface area contributed by atoms with Crippen LogP contribution in [0.5, 0.6) is 5.75 Å². The highest BCUT2D eigenvalue weighted by molar-refractivity contribution is 5.88. The minimum Gasteiger partial charge on any atom is -0.497 e. The van der Waals surface area contributed by atoms with Crippen molar-refractivity contribution >= 4 is 11.8 Å². The van der Waals surface area contributed by atoms with E-state index in [1.165, 1.54) is 0 Å². The molecule has 27 heavy (non-hydrogen) atoms. The van der Waals surface area contributed by atoms with Crippen LogP contribution in [0.15, 0.2) is 54.6 Å². The van der Waals surface area contributed by atoms with Crippen LogP contribution in [0.3, 0.4) is 0 Å². The van der Waals surface area contributed by atoms with Gasteiger partial charge in [-0.15, -0.1) is 0 Å². The predicted molar refractivity (Wildman–Crippen MR) is 106 cm³/mol. The van der Waals surface area contributed by atoms with E-state index < -0.39 is 6.04 Å². The molecular weight excluding hydrogens is 340 g/mol. The largest absolute Gasteiger partial charge is 0.497 e. The molecule has 0 fully saturated rings. The van der Waals surface area contributed by atoms with E-state index in [9.17, 15) is 9.59 Å². The summed E-state index contributed by atoms with van der Waals surface area (Å²) < 4.78 is 5.16. The van der Waals surface area contributed by atoms with Gasteiger partial charge in [-0.3, -0.25) is 9.59 Å². The van der Waals surface area contributed by atoms with Crippen molar-refractivity contribution in [3.05, 3.63) is 65.7 Å². The number of amides is 2. The SMILES string of the molecule is COc1ccc(CC(=O)N(Cc2ccccc2)C(C)C(=O)NC(C)C)cc1. The van der Waals surface area contributed by atoms with Crippen LogP contribution in [-0.4, -0.2) is 35.9 Å². The monoisotopic (exact) mass is 368 g/mol. The zero-order valence-electron chi connectivity index (χ0n) is 16.4. The van der Waals surface area contributed by atoms with Gasteiger partial charge in [0.05, 0.1) is 13.5 Å². The van der Waals surface area contributed by atoms with Gasteiger partial charge in [-0.1, -0.05) is 42.5 Å². The smallest absolute Gasteiger partial charge is 0.242 e. The highest BCUT2D eigenvalue weighted by Crippen LogP contribution is 2.15. The second-order valence-corrected chi connectivity index (χ2v) is 6.87. The summed E-state index contributed by atoms with van der Waals surface area (Å²) in [6.07, 6.45) is 0.232. The number of hydrogen-bond acceptors (Lipinski definition) is 3. The van der Waals surface area contributed by atoms with E-state index in [2.05, 4.69) is 5.32 Å². The average Bonchev–Trinajstić information content (AvgIpc) is 2.66. The van der Waals surface area contributed by atoms with Gasteiger partial charge in [0.1, 0.15) is 11.8 Å². The molecule has 0 aliphatic heterocycles. The zero-order chi connectivity index (χ0) is 19.8. The van der Waals surface area contributed by atoms with Crippen LogP contribution < -0.4 is 10.1 Å². The van der Waals surface area contributed by atoms with Crippen LogP contribution in [0.25, 0.3) is 0 Å². The molecule has 0 spiro atoms. The van der Waals surface area contributed by atoms with Gasteiger partial charge in [0.2, 0.25) is 11.8 Å². The average molecular weight is 368 g/mol. The Kier molecular flexibility index (Phi) is 7.41. The van der Waals surface area contributed by atoms with Crippen molar-refractivity contribution in [1.29, 1.82) is 0 Å². The van der Waals surface area contributed by atoms with Gasteiger partial charge in [-0.2, -0.15) is 0 Å². The van der Waals surface area contributed by atoms with Crippen molar-refractivity contribution in [1.82, 2.24) is 10.2 Å². The molecule has 1 N–H and O–H groups in total. The summed E-state index contributed by atoms with van der Waals surface area (Å²) in [5.41, 5.74) is 1.88. The Hall–Kier alpha value is -2.82. The Morgan fingerprint density at radius 1 is 0.963 bits per heavy atom. The number of rotatable bonds is 8. The number of carbonyl (C=O) groups is 2. The molecule has 0 radical (unpaired) electrons. The van der Waals surface area contributed by atoms with Gasteiger partial charge in [-0.25, -0.2) is 0 Å². The second kappa shape index (κ2) is 9.76. The van der Waals surface area contributed by atoms with Gasteiger partial charge in [0.25, 0.3) is 0 Å². The third-order valence-electron chi connectivity index (χ3n) is 4.31. The number of methoxy groups -OCH3 is 1. The maximum absolute atomic E-state index is 13.0. The first-order chi connectivity index (χ1) is 12.9. The van der Waals surface area contributed by atoms with Crippen LogP contribution in [-0.2, 0) is 22.6 Å². The van der Waals surface area contributed by atoms with E-state index in [1.54, 1.807) is 18.9 Å². The Bertz CT molecular complexity index is 742. The fourth-order valence-corrected chi connectivity index (χ4v) is 2.79. The maximum atomic E-state index is 13.0. The quantitative estimate of drug-likeness (QED) is 0.779. The summed E-state index contributed by atoms with van der Waals surface area (Å²) in [5, 5.41) is 2.89. The number of benzene rings is 2. The normalized spacial score (nSPS) is 11.7. The molecule has 144 valence electrons. The molecular formula is C22H28N2O3. The first kappa shape index (κ1) is 20.5. The van der Waals surface area contributed by atoms with E-state index in [-0.39, 0.29) is 24.3 Å². The molecule has 0 aliphatic carbocycles. The fourth-order valence-electron chi connectivity index (χ4n) is 2.79. The highest BCUT2D eigenvalue weighted by atomic mass is 16.5. The molecule has 5 heteroatoms. The van der Waals surface area contributed by atoms with E-state index in [0.29, 0.717) is 6.54 Å². The third-order valence-corrected chi connectivity index (χ3v) is 4.31. The minimum absolute atomic E-state index is 0.0233. The summed E-state index contributed by atoms with van der Waals surface area (Å²) in [6.45, 7) is 5.98. The standard InChI is InChI=1S/C22H28N2O3/c1-16(2)23-22(26)17(3)24(15-19-8-6-5-7-9-19)21(25)14-18-10-12-20(27-4)13-11-18/h5-13,16-17H,14-15H2,1-4H3,(H,23,26). The molecule has 1 unspecified atom stereocenters. The number of nitrogens with one attached hydrogen (secondary N) is 1. The molecule has 5 nitrogen and oxygen atoms in total. The third kappa shape index (κ3) is 6.13. The van der Waals surface area contributed by atoms with Crippen LogP contribution >= 0.6 is 0 Å². The number of carbonyl (C=O) groups excluding carboxylic acids is 2. The molecule has 0 saturated heterocycles. The second-order valence-electron chi connectivity index (χ2n) is 6.87. The molecule has 1 atom stereocenters. The van der Waals surface area contributed by atoms with E-state index >= 15 is 0 Å². The van der Waals surface area contributed by atoms with E-state index in [0.717, 1.165) is 16.9 Å². The molecule has 0 aliphatic rings. The molecule has 0 heterocycles. The molecule has 2 aromatic carbocycles. The summed E-state index contributed by atoms with van der Waals surface area (Å²) in [5.74, 6) is 0.511. The van der Waals surface area contributed by atoms with Gasteiger partial charge in [-0.05, 0) is 44.0 Å². The maximum Gasteiger partial charge on any atom is 0.242 e. The Morgan fingerprint density at radius 3 is 2.15 bits per heavy atom. The number of ether oxygens (including phenoxy) is 1. The van der Waals surface area contributed by atoms with Gasteiger partial charge in [0, 0.05) is 12.6 Å². The Morgan fingerprint density at radius 2 is 1.59 bits per heavy atom. The van der Waals surface area contributed by atoms with Crippen molar-refractivity contribution in [2.24, 2.45) is 0 Å². The molecule has 2 aromatic rings. The van der Waals surface area contributed by atoms with Crippen LogP contribution in [0.2, 0.25) is 0 Å². The molecule has 0 saturated carbocycles.